The Labute approximate surface area is 421 Å². The van der Waals surface area contributed by atoms with Gasteiger partial charge in [-0.25, -0.2) is 13.9 Å². The highest BCUT2D eigenvalue weighted by atomic mass is 31.3. The predicted octanol–water partition coefficient (Wildman–Crippen LogP) is 9.53. The number of hydrogen-bond donors (Lipinski definition) is 6. The molecule has 1 aliphatic heterocycles. The summed E-state index contributed by atoms with van der Waals surface area (Å²) < 4.78 is 56.7. The van der Waals surface area contributed by atoms with E-state index in [1.165, 1.54) is 70.3 Å². The Morgan fingerprint density at radius 1 is 0.732 bits per heavy atom. The van der Waals surface area contributed by atoms with E-state index in [2.05, 4.69) is 47.4 Å². The number of phosphoric acid groups is 2. The highest BCUT2D eigenvalue weighted by molar-refractivity contribution is 7.61. The molecular formula is C50H85N3O16P2. The lowest BCUT2D eigenvalue weighted by Crippen LogP contribution is -2.36. The number of anilines is 1. The first-order chi connectivity index (χ1) is 34.1. The van der Waals surface area contributed by atoms with Crippen LogP contribution in [0.4, 0.5) is 5.82 Å². The molecule has 0 amide bonds. The van der Waals surface area contributed by atoms with Crippen molar-refractivity contribution in [3.8, 4) is 0 Å². The monoisotopic (exact) mass is 1050 g/mol. The van der Waals surface area contributed by atoms with Crippen LogP contribution in [-0.2, 0) is 46.3 Å². The summed E-state index contributed by atoms with van der Waals surface area (Å²) in [6, 6.07) is 1.24. The zero-order valence-corrected chi connectivity index (χ0v) is 43.9. The summed E-state index contributed by atoms with van der Waals surface area (Å²) in [4.78, 5) is 61.9. The van der Waals surface area contributed by atoms with Crippen LogP contribution in [0.3, 0.4) is 0 Å². The van der Waals surface area contributed by atoms with E-state index in [1.54, 1.807) is 0 Å². The number of esters is 2. The van der Waals surface area contributed by atoms with Gasteiger partial charge in [0.05, 0.1) is 19.3 Å². The average molecular weight is 1050 g/mol. The Bertz CT molecular complexity index is 1890. The van der Waals surface area contributed by atoms with E-state index in [-0.39, 0.29) is 24.8 Å². The van der Waals surface area contributed by atoms with Crippen LogP contribution in [0.2, 0.25) is 0 Å². The average Bonchev–Trinajstić information content (AvgIpc) is 3.60. The van der Waals surface area contributed by atoms with E-state index in [1.807, 2.05) is 24.3 Å². The SMILES string of the molecule is CCCCCCCCCCCCCCCCCC(=O)O[C@H](COC(=O)CCC/C=C\C/C=C\C/C=C\C/C=C\CC(O)CCC)COP(=O)(O)OP(=O)(O)OC[C@H]1O[C@@H](n2ccc(N)nc2=O)[C@H](O)[C@@H]1O. The third-order valence-electron chi connectivity index (χ3n) is 11.5. The molecule has 0 aliphatic carbocycles. The van der Waals surface area contributed by atoms with Crippen molar-refractivity contribution in [3.63, 3.8) is 0 Å². The number of aliphatic hydroxyl groups is 3. The number of nitrogens with zero attached hydrogens (tertiary/aromatic N) is 2. The summed E-state index contributed by atoms with van der Waals surface area (Å²) in [5.74, 6) is -1.38. The fourth-order valence-electron chi connectivity index (χ4n) is 7.50. The van der Waals surface area contributed by atoms with E-state index >= 15 is 0 Å². The van der Waals surface area contributed by atoms with Gasteiger partial charge in [-0.1, -0.05) is 159 Å². The zero-order valence-electron chi connectivity index (χ0n) is 42.1. The first-order valence-electron chi connectivity index (χ1n) is 25.7. The largest absolute Gasteiger partial charge is 0.481 e. The van der Waals surface area contributed by atoms with Crippen LogP contribution in [0, 0.1) is 0 Å². The molecule has 0 aromatic carbocycles. The van der Waals surface area contributed by atoms with Gasteiger partial charge in [-0.15, -0.1) is 0 Å². The second-order valence-electron chi connectivity index (χ2n) is 17.9. The second kappa shape index (κ2) is 38.3. The maximum absolute atomic E-state index is 12.9. The number of aromatic nitrogens is 2. The van der Waals surface area contributed by atoms with E-state index in [4.69, 9.17) is 29.0 Å². The molecule has 7 N–H and O–H groups in total. The standard InChI is InChI=1S/C50H85N3O16P2/c1-3-5-6-7-8-9-10-11-12-15-19-22-25-28-31-35-46(56)67-42(38-64-45(55)34-30-27-24-21-18-16-13-14-17-20-23-26-29-33-41(54)32-4-2)39-65-70(60,61)69-71(62,63)66-40-43-47(57)48(58)49(68-43)53-37-36-44(51)52-50(53)59/h13,16-17,20-21,24,26,29,36-37,41-43,47-49,54,57-58H,3-12,14-15,18-19,22-23,25,27-28,30-35,38-40H2,1-2H3,(H,60,61)(H,62,63)(H2,51,52,59)/b16-13-,20-17-,24-21-,29-26-/t41?,42-,43-,47-,48-,49-/m1/s1. The summed E-state index contributed by atoms with van der Waals surface area (Å²) in [5, 5.41) is 30.7. The van der Waals surface area contributed by atoms with E-state index in [0.717, 1.165) is 68.6 Å². The minimum absolute atomic E-state index is 0.0330. The Morgan fingerprint density at radius 3 is 1.85 bits per heavy atom. The number of unbranched alkanes of at least 4 members (excludes halogenated alkanes) is 15. The van der Waals surface area contributed by atoms with Crippen molar-refractivity contribution >= 4 is 33.4 Å². The molecule has 0 radical (unpaired) electrons. The summed E-state index contributed by atoms with van der Waals surface area (Å²) in [7, 11) is -10.9. The van der Waals surface area contributed by atoms with Crippen LogP contribution in [-0.4, -0.2) is 96.9 Å². The molecule has 21 heteroatoms. The molecule has 19 nitrogen and oxygen atoms in total. The molecule has 1 aromatic rings. The summed E-state index contributed by atoms with van der Waals surface area (Å²) in [6.45, 7) is 1.91. The van der Waals surface area contributed by atoms with Gasteiger partial charge < -0.3 is 45.1 Å². The summed E-state index contributed by atoms with van der Waals surface area (Å²) in [5.41, 5.74) is 4.58. The van der Waals surface area contributed by atoms with E-state index in [9.17, 15) is 48.6 Å². The van der Waals surface area contributed by atoms with Gasteiger partial charge in [0.15, 0.2) is 12.3 Å². The molecule has 406 valence electrons. The smallest absolute Gasteiger partial charge is 0.462 e. The van der Waals surface area contributed by atoms with Gasteiger partial charge in [-0.2, -0.15) is 9.29 Å². The van der Waals surface area contributed by atoms with Crippen molar-refractivity contribution in [2.24, 2.45) is 0 Å². The number of nitrogens with two attached hydrogens (primary N) is 1. The number of carbonyl (C=O) groups excluding carboxylic acids is 2. The fourth-order valence-corrected chi connectivity index (χ4v) is 9.61. The normalized spacial score (nSPS) is 20.0. The summed E-state index contributed by atoms with van der Waals surface area (Å²) in [6.07, 6.45) is 32.5. The van der Waals surface area contributed by atoms with Gasteiger partial charge in [0, 0.05) is 19.0 Å². The maximum Gasteiger partial charge on any atom is 0.481 e. The van der Waals surface area contributed by atoms with Gasteiger partial charge >= 0.3 is 33.3 Å². The molecule has 3 unspecified atom stereocenters. The molecule has 2 heterocycles. The topological polar surface area (TPSA) is 286 Å². The van der Waals surface area contributed by atoms with Crippen LogP contribution < -0.4 is 11.4 Å². The fraction of sp³-hybridized carbons (Fsp3) is 0.720. The molecule has 2 rings (SSSR count). The van der Waals surface area contributed by atoms with Crippen LogP contribution >= 0.6 is 15.6 Å². The predicted molar refractivity (Wildman–Crippen MR) is 272 cm³/mol. The van der Waals surface area contributed by atoms with Crippen molar-refractivity contribution in [2.45, 2.75) is 211 Å². The molecule has 1 aromatic heterocycles. The van der Waals surface area contributed by atoms with Gasteiger partial charge in [0.25, 0.3) is 0 Å². The van der Waals surface area contributed by atoms with Crippen LogP contribution in [0.5, 0.6) is 0 Å². The number of aliphatic hydroxyl groups excluding tert-OH is 3. The van der Waals surface area contributed by atoms with Gasteiger partial charge in [-0.05, 0) is 57.4 Å². The third kappa shape index (κ3) is 31.1. The summed E-state index contributed by atoms with van der Waals surface area (Å²) >= 11 is 0. The van der Waals surface area contributed by atoms with Crippen LogP contribution in [0.1, 0.15) is 181 Å². The minimum atomic E-state index is -5.44. The molecule has 71 heavy (non-hydrogen) atoms. The molecule has 1 saturated heterocycles. The Morgan fingerprint density at radius 2 is 1.27 bits per heavy atom. The number of carbonyl (C=O) groups is 2. The first-order valence-corrected chi connectivity index (χ1v) is 28.7. The van der Waals surface area contributed by atoms with Crippen molar-refractivity contribution in [3.05, 3.63) is 71.4 Å². The molecule has 0 saturated carbocycles. The van der Waals surface area contributed by atoms with Gasteiger partial charge in [-0.3, -0.25) is 23.2 Å². The van der Waals surface area contributed by atoms with Gasteiger partial charge in [0.2, 0.25) is 0 Å². The third-order valence-corrected chi connectivity index (χ3v) is 14.1. The number of rotatable bonds is 42. The first kappa shape index (κ1) is 63.8. The molecular weight excluding hydrogens is 961 g/mol. The highest BCUT2D eigenvalue weighted by Gasteiger charge is 2.46. The molecule has 0 spiro atoms. The van der Waals surface area contributed by atoms with Crippen molar-refractivity contribution in [1.82, 2.24) is 9.55 Å². The molecule has 0 bridgehead atoms. The highest BCUT2D eigenvalue weighted by Crippen LogP contribution is 2.60. The number of nitrogen functional groups attached to an aromatic ring is 1. The molecule has 1 aliphatic rings. The number of ether oxygens (including phenoxy) is 3. The lowest BCUT2D eigenvalue weighted by molar-refractivity contribution is -0.161. The Balaban J connectivity index is 1.82. The molecule has 8 atom stereocenters. The van der Waals surface area contributed by atoms with Crippen molar-refractivity contribution in [1.29, 1.82) is 0 Å². The second-order valence-corrected chi connectivity index (χ2v) is 20.9. The van der Waals surface area contributed by atoms with Crippen LogP contribution in [0.25, 0.3) is 0 Å². The minimum Gasteiger partial charge on any atom is -0.462 e. The lowest BCUT2D eigenvalue weighted by atomic mass is 10.0. The number of hydrogen-bond acceptors (Lipinski definition) is 16. The quantitative estimate of drug-likeness (QED) is 0.0154. The van der Waals surface area contributed by atoms with E-state index in [0.29, 0.717) is 25.7 Å². The van der Waals surface area contributed by atoms with Crippen LogP contribution in [0.15, 0.2) is 65.7 Å². The Hall–Kier alpha value is -3.32. The zero-order chi connectivity index (χ0) is 52.2. The molecule has 1 fully saturated rings. The van der Waals surface area contributed by atoms with Crippen molar-refractivity contribution in [2.75, 3.05) is 25.6 Å². The van der Waals surface area contributed by atoms with E-state index < -0.39 is 83.7 Å². The lowest BCUT2D eigenvalue weighted by Gasteiger charge is -2.21. The van der Waals surface area contributed by atoms with Crippen molar-refractivity contribution < 1.29 is 71.4 Å². The number of phosphoric ester groups is 2. The number of allylic oxidation sites excluding steroid dienone is 7. The van der Waals surface area contributed by atoms with Gasteiger partial charge in [0.1, 0.15) is 30.7 Å². The maximum atomic E-state index is 12.9. The Kier molecular flexibility index (Phi) is 34.4.